The third-order valence-corrected chi connectivity index (χ3v) is 5.24. The van der Waals surface area contributed by atoms with Crippen LogP contribution in [0.15, 0.2) is 30.3 Å². The maximum atomic E-state index is 12.4. The molecule has 2 heterocycles. The molecular formula is C23H29N3O4. The zero-order chi connectivity index (χ0) is 21.7. The molecule has 1 unspecified atom stereocenters. The molecule has 1 atom stereocenters. The lowest BCUT2D eigenvalue weighted by Crippen LogP contribution is -2.45. The van der Waals surface area contributed by atoms with Gasteiger partial charge in [0.1, 0.15) is 0 Å². The van der Waals surface area contributed by atoms with E-state index >= 15 is 0 Å². The summed E-state index contributed by atoms with van der Waals surface area (Å²) < 4.78 is 12.5. The van der Waals surface area contributed by atoms with Crippen molar-refractivity contribution >= 4 is 18.0 Å². The first-order chi connectivity index (χ1) is 14.3. The second-order valence-electron chi connectivity index (χ2n) is 7.58. The SMILES string of the molecule is Cc1ccc(Cn2nc(C)c(/C=C/C(=O)OC(C)C(=O)N3CCOCC3)c2C)cc1. The van der Waals surface area contributed by atoms with E-state index in [1.165, 1.54) is 11.6 Å². The van der Waals surface area contributed by atoms with E-state index in [2.05, 4.69) is 36.3 Å². The molecule has 0 N–H and O–H groups in total. The van der Waals surface area contributed by atoms with E-state index in [9.17, 15) is 9.59 Å². The summed E-state index contributed by atoms with van der Waals surface area (Å²) in [5.41, 5.74) is 5.06. The smallest absolute Gasteiger partial charge is 0.331 e. The van der Waals surface area contributed by atoms with Gasteiger partial charge in [0.15, 0.2) is 6.10 Å². The van der Waals surface area contributed by atoms with Crippen LogP contribution in [0.4, 0.5) is 0 Å². The van der Waals surface area contributed by atoms with Crippen LogP contribution in [-0.2, 0) is 25.6 Å². The number of hydrogen-bond acceptors (Lipinski definition) is 5. The van der Waals surface area contributed by atoms with Crippen LogP contribution in [0.3, 0.4) is 0 Å². The molecule has 1 amide bonds. The summed E-state index contributed by atoms with van der Waals surface area (Å²) >= 11 is 0. The number of rotatable bonds is 6. The molecular weight excluding hydrogens is 382 g/mol. The van der Waals surface area contributed by atoms with Crippen molar-refractivity contribution in [2.24, 2.45) is 0 Å². The third-order valence-electron chi connectivity index (χ3n) is 5.24. The second-order valence-corrected chi connectivity index (χ2v) is 7.58. The highest BCUT2D eigenvalue weighted by atomic mass is 16.5. The molecule has 1 aromatic carbocycles. The van der Waals surface area contributed by atoms with E-state index in [0.29, 0.717) is 32.8 Å². The highest BCUT2D eigenvalue weighted by Gasteiger charge is 2.24. The number of hydrogen-bond donors (Lipinski definition) is 0. The van der Waals surface area contributed by atoms with Crippen molar-refractivity contribution in [3.63, 3.8) is 0 Å². The predicted molar refractivity (Wildman–Crippen MR) is 114 cm³/mol. The van der Waals surface area contributed by atoms with Gasteiger partial charge in [-0.2, -0.15) is 5.10 Å². The standard InChI is InChI=1S/C23H29N3O4/c1-16-5-7-20(8-6-16)15-26-18(3)21(17(2)24-26)9-10-22(27)30-19(4)23(28)25-11-13-29-14-12-25/h5-10,19H,11-15H2,1-4H3/b10-9+. The van der Waals surface area contributed by atoms with E-state index in [1.807, 2.05) is 18.5 Å². The maximum absolute atomic E-state index is 12.4. The lowest BCUT2D eigenvalue weighted by atomic mass is 10.1. The van der Waals surface area contributed by atoms with Crippen molar-refractivity contribution in [2.45, 2.75) is 40.3 Å². The highest BCUT2D eigenvalue weighted by molar-refractivity contribution is 5.90. The van der Waals surface area contributed by atoms with Crippen LogP contribution in [0.25, 0.3) is 6.08 Å². The normalized spacial score (nSPS) is 15.4. The summed E-state index contributed by atoms with van der Waals surface area (Å²) in [7, 11) is 0. The van der Waals surface area contributed by atoms with Crippen LogP contribution >= 0.6 is 0 Å². The van der Waals surface area contributed by atoms with Gasteiger partial charge in [0.2, 0.25) is 0 Å². The van der Waals surface area contributed by atoms with Crippen molar-refractivity contribution in [2.75, 3.05) is 26.3 Å². The molecule has 0 saturated carbocycles. The van der Waals surface area contributed by atoms with E-state index in [-0.39, 0.29) is 5.91 Å². The van der Waals surface area contributed by atoms with Crippen LogP contribution in [0, 0.1) is 20.8 Å². The van der Waals surface area contributed by atoms with E-state index in [4.69, 9.17) is 9.47 Å². The molecule has 30 heavy (non-hydrogen) atoms. The molecule has 1 saturated heterocycles. The number of ether oxygens (including phenoxy) is 2. The summed E-state index contributed by atoms with van der Waals surface area (Å²) in [4.78, 5) is 26.3. The van der Waals surface area contributed by atoms with Crippen molar-refractivity contribution in [3.05, 3.63) is 58.4 Å². The Bertz CT molecular complexity index is 925. The van der Waals surface area contributed by atoms with Crippen LogP contribution in [0.1, 0.15) is 35.0 Å². The van der Waals surface area contributed by atoms with Crippen LogP contribution in [0.2, 0.25) is 0 Å². The van der Waals surface area contributed by atoms with Gasteiger partial charge in [-0.05, 0) is 39.3 Å². The zero-order valence-electron chi connectivity index (χ0n) is 18.1. The molecule has 3 rings (SSSR count). The van der Waals surface area contributed by atoms with Gasteiger partial charge in [0.25, 0.3) is 5.91 Å². The Balaban J connectivity index is 1.62. The van der Waals surface area contributed by atoms with Gasteiger partial charge < -0.3 is 14.4 Å². The third kappa shape index (κ3) is 5.36. The molecule has 1 aliphatic rings. The van der Waals surface area contributed by atoms with Gasteiger partial charge in [-0.15, -0.1) is 0 Å². The van der Waals surface area contributed by atoms with E-state index in [0.717, 1.165) is 22.5 Å². The Morgan fingerprint density at radius 1 is 1.17 bits per heavy atom. The molecule has 1 fully saturated rings. The van der Waals surface area contributed by atoms with E-state index < -0.39 is 12.1 Å². The number of benzene rings is 1. The minimum Gasteiger partial charge on any atom is -0.449 e. The fraction of sp³-hybridized carbons (Fsp3) is 0.435. The minimum atomic E-state index is -0.827. The van der Waals surface area contributed by atoms with Crippen LogP contribution < -0.4 is 0 Å². The summed E-state index contributed by atoms with van der Waals surface area (Å²) in [6.45, 7) is 10.3. The Morgan fingerprint density at radius 3 is 2.50 bits per heavy atom. The average molecular weight is 412 g/mol. The number of esters is 1. The second kappa shape index (κ2) is 9.71. The average Bonchev–Trinajstić information content (AvgIpc) is 3.00. The van der Waals surface area contributed by atoms with Crippen LogP contribution in [-0.4, -0.2) is 59.0 Å². The number of carbonyl (C=O) groups is 2. The van der Waals surface area contributed by atoms with Crippen molar-refractivity contribution in [1.29, 1.82) is 0 Å². The Morgan fingerprint density at radius 2 is 1.83 bits per heavy atom. The summed E-state index contributed by atoms with van der Waals surface area (Å²) in [5, 5.41) is 4.60. The molecule has 7 heteroatoms. The van der Waals surface area contributed by atoms with E-state index in [1.54, 1.807) is 17.9 Å². The lowest BCUT2D eigenvalue weighted by molar-refractivity contribution is -0.157. The molecule has 2 aromatic rings. The maximum Gasteiger partial charge on any atom is 0.331 e. The largest absolute Gasteiger partial charge is 0.449 e. The highest BCUT2D eigenvalue weighted by Crippen LogP contribution is 2.17. The predicted octanol–water partition coefficient (Wildman–Crippen LogP) is 2.66. The number of carbonyl (C=O) groups excluding carboxylic acids is 2. The molecule has 1 aromatic heterocycles. The minimum absolute atomic E-state index is 0.196. The molecule has 0 radical (unpaired) electrons. The molecule has 7 nitrogen and oxygen atoms in total. The van der Waals surface area contributed by atoms with Crippen molar-refractivity contribution in [1.82, 2.24) is 14.7 Å². The van der Waals surface area contributed by atoms with Crippen molar-refractivity contribution < 1.29 is 19.1 Å². The first-order valence-electron chi connectivity index (χ1n) is 10.2. The molecule has 1 aliphatic heterocycles. The van der Waals surface area contributed by atoms with Gasteiger partial charge in [-0.1, -0.05) is 29.8 Å². The molecule has 0 aliphatic carbocycles. The van der Waals surface area contributed by atoms with Gasteiger partial charge in [-0.3, -0.25) is 9.48 Å². The summed E-state index contributed by atoms with van der Waals surface area (Å²) in [6, 6.07) is 8.34. The van der Waals surface area contributed by atoms with Crippen molar-refractivity contribution in [3.8, 4) is 0 Å². The Labute approximate surface area is 177 Å². The topological polar surface area (TPSA) is 73.7 Å². The lowest BCUT2D eigenvalue weighted by Gasteiger charge is -2.28. The van der Waals surface area contributed by atoms with Gasteiger partial charge in [0, 0.05) is 30.4 Å². The Hall–Kier alpha value is -2.93. The summed E-state index contributed by atoms with van der Waals surface area (Å²) in [5.74, 6) is -0.743. The molecule has 160 valence electrons. The fourth-order valence-corrected chi connectivity index (χ4v) is 3.43. The monoisotopic (exact) mass is 411 g/mol. The number of nitrogens with zero attached hydrogens (tertiary/aromatic N) is 3. The van der Waals surface area contributed by atoms with Gasteiger partial charge in [-0.25, -0.2) is 4.79 Å². The Kier molecular flexibility index (Phi) is 7.05. The number of aromatic nitrogens is 2. The molecule has 0 spiro atoms. The zero-order valence-corrected chi connectivity index (χ0v) is 18.1. The summed E-state index contributed by atoms with van der Waals surface area (Å²) in [6.07, 6.45) is 2.24. The van der Waals surface area contributed by atoms with Crippen LogP contribution in [0.5, 0.6) is 0 Å². The fourth-order valence-electron chi connectivity index (χ4n) is 3.43. The number of amides is 1. The quantitative estimate of drug-likeness (QED) is 0.540. The van der Waals surface area contributed by atoms with Gasteiger partial charge in [0.05, 0.1) is 25.5 Å². The first kappa shape index (κ1) is 21.8. The number of aryl methyl sites for hydroxylation is 2. The number of morpholine rings is 1. The van der Waals surface area contributed by atoms with Gasteiger partial charge >= 0.3 is 5.97 Å². The first-order valence-corrected chi connectivity index (χ1v) is 10.2. The molecule has 0 bridgehead atoms.